The van der Waals surface area contributed by atoms with Crippen LogP contribution in [0.15, 0.2) is 12.7 Å². The molecule has 0 radical (unpaired) electrons. The zero-order valence-electron chi connectivity index (χ0n) is 9.86. The first kappa shape index (κ1) is 17.6. The third-order valence-corrected chi connectivity index (χ3v) is 2.06. The fraction of sp³-hybridized carbons (Fsp3) is 0.667. The third kappa shape index (κ3) is 4.01. The molecule has 0 unspecified atom stereocenters. The minimum absolute atomic E-state index is 0.114. The Balaban J connectivity index is 5.50. The van der Waals surface area contributed by atoms with Crippen LogP contribution in [0, 0.1) is 0 Å². The number of halogens is 6. The summed E-state index contributed by atoms with van der Waals surface area (Å²) in [5, 5.41) is 0.718. The van der Waals surface area contributed by atoms with Crippen molar-refractivity contribution in [3.8, 4) is 0 Å². The molecule has 0 rings (SSSR count). The molecule has 0 aliphatic carbocycles. The van der Waals surface area contributed by atoms with Crippen molar-refractivity contribution in [1.29, 1.82) is 0 Å². The maximum Gasteiger partial charge on any atom is 0.476 e. The van der Waals surface area contributed by atoms with Gasteiger partial charge in [0.15, 0.2) is 0 Å². The summed E-state index contributed by atoms with van der Waals surface area (Å²) in [6, 6.07) is 0. The van der Waals surface area contributed by atoms with Crippen LogP contribution in [0.5, 0.6) is 0 Å². The normalized spacial score (nSPS) is 13.0. The molecule has 0 aliphatic heterocycles. The minimum Gasteiger partial charge on any atom is -0.450 e. The Morgan fingerprint density at radius 2 is 1.74 bits per heavy atom. The topological polar surface area (TPSA) is 54.9 Å². The van der Waals surface area contributed by atoms with Crippen LogP contribution in [-0.2, 0) is 4.74 Å². The lowest BCUT2D eigenvalue weighted by Crippen LogP contribution is -3.08. The lowest BCUT2D eigenvalue weighted by atomic mass is 10.1. The highest BCUT2D eigenvalue weighted by Crippen LogP contribution is 2.38. The van der Waals surface area contributed by atoms with Crippen LogP contribution in [0.25, 0.3) is 0 Å². The zero-order chi connectivity index (χ0) is 15.3. The summed E-state index contributed by atoms with van der Waals surface area (Å²) in [7, 11) is 0. The third-order valence-electron chi connectivity index (χ3n) is 2.06. The van der Waals surface area contributed by atoms with Crippen LogP contribution in [-0.4, -0.2) is 37.3 Å². The van der Waals surface area contributed by atoms with E-state index in [0.29, 0.717) is 0 Å². The second-order valence-corrected chi connectivity index (χ2v) is 3.38. The van der Waals surface area contributed by atoms with Crippen molar-refractivity contribution < 1.29 is 41.2 Å². The molecular formula is C9H13F6N2O2+. The molecule has 0 heterocycles. The molecule has 0 spiro atoms. The molecule has 0 atom stereocenters. The van der Waals surface area contributed by atoms with E-state index in [0.717, 1.165) is 11.4 Å². The SMILES string of the molecule is C=CC[NH2+]C(NC(=O)OCC)(C(F)(F)F)C(F)(F)F. The molecule has 0 aliphatic rings. The van der Waals surface area contributed by atoms with Crippen molar-refractivity contribution in [2.24, 2.45) is 0 Å². The molecule has 0 saturated carbocycles. The van der Waals surface area contributed by atoms with Gasteiger partial charge in [-0.15, -0.1) is 0 Å². The second kappa shape index (κ2) is 6.13. The quantitative estimate of drug-likeness (QED) is 0.456. The van der Waals surface area contributed by atoms with Crippen LogP contribution in [0.1, 0.15) is 6.92 Å². The van der Waals surface area contributed by atoms with E-state index in [-0.39, 0.29) is 11.9 Å². The van der Waals surface area contributed by atoms with Gasteiger partial charge in [-0.1, -0.05) is 6.58 Å². The summed E-state index contributed by atoms with van der Waals surface area (Å²) in [6.45, 7) is 3.21. The van der Waals surface area contributed by atoms with E-state index in [1.807, 2.05) is 0 Å². The highest BCUT2D eigenvalue weighted by Gasteiger charge is 2.76. The first-order valence-corrected chi connectivity index (χ1v) is 5.05. The first-order chi connectivity index (χ1) is 8.52. The van der Waals surface area contributed by atoms with Gasteiger partial charge >= 0.3 is 24.1 Å². The number of amides is 1. The first-order valence-electron chi connectivity index (χ1n) is 5.05. The number of alkyl halides is 6. The fourth-order valence-corrected chi connectivity index (χ4v) is 1.17. The largest absolute Gasteiger partial charge is 0.476 e. The molecule has 10 heteroatoms. The molecular weight excluding hydrogens is 282 g/mol. The van der Waals surface area contributed by atoms with Crippen LogP contribution < -0.4 is 10.6 Å². The van der Waals surface area contributed by atoms with E-state index >= 15 is 0 Å². The fourth-order valence-electron chi connectivity index (χ4n) is 1.17. The highest BCUT2D eigenvalue weighted by atomic mass is 19.4. The lowest BCUT2D eigenvalue weighted by molar-refractivity contribution is -0.778. The van der Waals surface area contributed by atoms with Crippen LogP contribution in [0.3, 0.4) is 0 Å². The molecule has 0 aromatic carbocycles. The zero-order valence-corrected chi connectivity index (χ0v) is 9.86. The Hall–Kier alpha value is -1.45. The number of ether oxygens (including phenoxy) is 1. The lowest BCUT2D eigenvalue weighted by Gasteiger charge is -2.34. The molecule has 3 N–H and O–H groups in total. The summed E-state index contributed by atoms with van der Waals surface area (Å²) in [5.41, 5.74) is -4.47. The Kier molecular flexibility index (Phi) is 5.66. The second-order valence-electron chi connectivity index (χ2n) is 3.38. The maximum absolute atomic E-state index is 12.7. The van der Waals surface area contributed by atoms with Gasteiger partial charge in [-0.2, -0.15) is 26.3 Å². The van der Waals surface area contributed by atoms with E-state index in [4.69, 9.17) is 0 Å². The van der Waals surface area contributed by atoms with Crippen LogP contribution in [0.4, 0.5) is 31.1 Å². The average Bonchev–Trinajstić information content (AvgIpc) is 2.21. The number of nitrogens with two attached hydrogens (primary N) is 1. The van der Waals surface area contributed by atoms with Crippen molar-refractivity contribution in [1.82, 2.24) is 5.32 Å². The molecule has 1 amide bonds. The standard InChI is InChI=1S/C9H12F6N2O2/c1-3-5-16-7(8(10,11)12,9(13,14)15)17-6(18)19-4-2/h3,16H,1,4-5H2,2H3,(H,17,18)/p+1. The predicted octanol–water partition coefficient (Wildman–Crippen LogP) is 1.30. The van der Waals surface area contributed by atoms with Gasteiger partial charge in [0.2, 0.25) is 0 Å². The van der Waals surface area contributed by atoms with Crippen molar-refractivity contribution >= 4 is 6.09 Å². The number of hydrogen-bond acceptors (Lipinski definition) is 2. The van der Waals surface area contributed by atoms with E-state index in [9.17, 15) is 31.1 Å². The number of nitrogens with one attached hydrogen (secondary N) is 1. The van der Waals surface area contributed by atoms with E-state index in [2.05, 4.69) is 11.3 Å². The highest BCUT2D eigenvalue weighted by molar-refractivity contribution is 5.68. The maximum atomic E-state index is 12.7. The molecule has 0 fully saturated rings. The molecule has 0 aromatic rings. The van der Waals surface area contributed by atoms with Gasteiger partial charge in [0, 0.05) is 0 Å². The Morgan fingerprint density at radius 3 is 2.05 bits per heavy atom. The predicted molar refractivity (Wildman–Crippen MR) is 52.0 cm³/mol. The van der Waals surface area contributed by atoms with Crippen molar-refractivity contribution in [2.45, 2.75) is 24.9 Å². The number of hydrogen-bond donors (Lipinski definition) is 2. The number of alkyl carbamates (subject to hydrolysis) is 1. The van der Waals surface area contributed by atoms with E-state index < -0.39 is 30.7 Å². The van der Waals surface area contributed by atoms with Gasteiger partial charge in [0.05, 0.1) is 13.2 Å². The van der Waals surface area contributed by atoms with Gasteiger partial charge in [-0.25, -0.2) is 4.79 Å². The number of carbonyl (C=O) groups is 1. The van der Waals surface area contributed by atoms with Crippen LogP contribution >= 0.6 is 0 Å². The number of quaternary nitrogens is 1. The van der Waals surface area contributed by atoms with Crippen molar-refractivity contribution in [2.75, 3.05) is 13.2 Å². The molecule has 0 aromatic heterocycles. The molecule has 4 nitrogen and oxygen atoms in total. The van der Waals surface area contributed by atoms with Crippen molar-refractivity contribution in [3.63, 3.8) is 0 Å². The number of carbonyl (C=O) groups excluding carboxylic acids is 1. The molecule has 112 valence electrons. The summed E-state index contributed by atoms with van der Waals surface area (Å²) >= 11 is 0. The molecule has 19 heavy (non-hydrogen) atoms. The monoisotopic (exact) mass is 295 g/mol. The van der Waals surface area contributed by atoms with E-state index in [1.165, 1.54) is 6.92 Å². The Morgan fingerprint density at radius 1 is 1.26 bits per heavy atom. The smallest absolute Gasteiger partial charge is 0.450 e. The Labute approximate surface area is 104 Å². The van der Waals surface area contributed by atoms with Gasteiger partial charge in [-0.3, -0.25) is 5.32 Å². The van der Waals surface area contributed by atoms with Crippen LogP contribution in [0.2, 0.25) is 0 Å². The summed E-state index contributed by atoms with van der Waals surface area (Å²) < 4.78 is 80.5. The summed E-state index contributed by atoms with van der Waals surface area (Å²) in [5.74, 6) is 0. The van der Waals surface area contributed by atoms with E-state index in [1.54, 1.807) is 0 Å². The van der Waals surface area contributed by atoms with Gasteiger partial charge in [0.25, 0.3) is 0 Å². The summed E-state index contributed by atoms with van der Waals surface area (Å²) in [6.07, 6.45) is -12.5. The summed E-state index contributed by atoms with van der Waals surface area (Å²) in [4.78, 5) is 10.9. The van der Waals surface area contributed by atoms with Gasteiger partial charge in [-0.05, 0) is 13.0 Å². The molecule has 0 bridgehead atoms. The van der Waals surface area contributed by atoms with Gasteiger partial charge < -0.3 is 10.1 Å². The number of rotatable bonds is 5. The minimum atomic E-state index is -5.76. The average molecular weight is 295 g/mol. The van der Waals surface area contributed by atoms with Gasteiger partial charge in [0.1, 0.15) is 0 Å². The Bertz CT molecular complexity index is 312. The molecule has 0 saturated heterocycles. The van der Waals surface area contributed by atoms with Crippen molar-refractivity contribution in [3.05, 3.63) is 12.7 Å².